The number of carbonyl (C=O) groups is 1. The molecule has 0 saturated carbocycles. The molecule has 0 aliphatic rings. The number of hydrogen-bond acceptors (Lipinski definition) is 2. The summed E-state index contributed by atoms with van der Waals surface area (Å²) in [5.74, 6) is -0.215. The Labute approximate surface area is 126 Å². The van der Waals surface area contributed by atoms with Crippen molar-refractivity contribution in [3.05, 3.63) is 28.8 Å². The highest BCUT2D eigenvalue weighted by atomic mass is 35.5. The van der Waals surface area contributed by atoms with Crippen LogP contribution < -0.4 is 5.32 Å². The topological polar surface area (TPSA) is 49.3 Å². The highest BCUT2D eigenvalue weighted by Crippen LogP contribution is 2.24. The number of rotatable bonds is 9. The molecule has 20 heavy (non-hydrogen) atoms. The molecule has 3 nitrogen and oxygen atoms in total. The number of aromatic carboxylic acids is 1. The van der Waals surface area contributed by atoms with Crippen LogP contribution in [-0.2, 0) is 0 Å². The lowest BCUT2D eigenvalue weighted by Gasteiger charge is -2.10. The zero-order valence-electron chi connectivity index (χ0n) is 12.3. The van der Waals surface area contributed by atoms with E-state index in [9.17, 15) is 4.79 Å². The summed E-state index contributed by atoms with van der Waals surface area (Å²) in [5.41, 5.74) is 0.765. The van der Waals surface area contributed by atoms with Crippen molar-refractivity contribution in [3.63, 3.8) is 0 Å². The van der Waals surface area contributed by atoms with Gasteiger partial charge in [0.25, 0.3) is 0 Å². The minimum atomic E-state index is -0.991. The number of benzene rings is 1. The lowest BCUT2D eigenvalue weighted by molar-refractivity contribution is 0.0698. The quantitative estimate of drug-likeness (QED) is 0.627. The van der Waals surface area contributed by atoms with E-state index >= 15 is 0 Å². The summed E-state index contributed by atoms with van der Waals surface area (Å²) in [4.78, 5) is 11.2. The van der Waals surface area contributed by atoms with E-state index in [1.54, 1.807) is 18.2 Å². The van der Waals surface area contributed by atoms with Crippen molar-refractivity contribution in [2.75, 3.05) is 11.9 Å². The Kier molecular flexibility index (Phi) is 7.45. The molecule has 4 heteroatoms. The zero-order valence-corrected chi connectivity index (χ0v) is 13.0. The number of hydrogen-bond donors (Lipinski definition) is 2. The predicted octanol–water partition coefficient (Wildman–Crippen LogP) is 5.06. The molecule has 0 bridgehead atoms. The van der Waals surface area contributed by atoms with Crippen LogP contribution in [0.15, 0.2) is 18.2 Å². The molecule has 0 fully saturated rings. The maximum atomic E-state index is 11.2. The van der Waals surface area contributed by atoms with E-state index in [1.165, 1.54) is 25.7 Å². The fourth-order valence-electron chi connectivity index (χ4n) is 2.14. The Morgan fingerprint density at radius 3 is 2.60 bits per heavy atom. The van der Waals surface area contributed by atoms with Crippen molar-refractivity contribution in [3.8, 4) is 0 Å². The van der Waals surface area contributed by atoms with Crippen LogP contribution in [0.2, 0.25) is 5.02 Å². The third-order valence-corrected chi connectivity index (χ3v) is 3.57. The first kappa shape index (κ1) is 16.8. The van der Waals surface area contributed by atoms with Crippen molar-refractivity contribution in [1.82, 2.24) is 0 Å². The summed E-state index contributed by atoms with van der Waals surface area (Å²) in [6.45, 7) is 5.27. The van der Waals surface area contributed by atoms with Gasteiger partial charge in [-0.15, -0.1) is 0 Å². The van der Waals surface area contributed by atoms with Gasteiger partial charge in [-0.2, -0.15) is 0 Å². The number of unbranched alkanes of at least 4 members (excludes halogenated alkanes) is 3. The molecule has 0 spiro atoms. The van der Waals surface area contributed by atoms with Crippen molar-refractivity contribution in [2.24, 2.45) is 5.92 Å². The molecule has 0 aromatic heterocycles. The maximum Gasteiger partial charge on any atom is 0.339 e. The Morgan fingerprint density at radius 1 is 1.25 bits per heavy atom. The van der Waals surface area contributed by atoms with E-state index in [4.69, 9.17) is 16.7 Å². The number of nitrogens with one attached hydrogen (secondary N) is 1. The minimum absolute atomic E-state index is 0.161. The fourth-order valence-corrected chi connectivity index (χ4v) is 2.40. The standard InChI is InChI=1S/C16H24ClNO2/c1-12(2)8-5-3-4-6-11-18-14-10-7-9-13(17)15(14)16(19)20/h7,9-10,12,18H,3-6,8,11H2,1-2H3,(H,19,20). The molecule has 0 atom stereocenters. The molecule has 112 valence electrons. The van der Waals surface area contributed by atoms with Gasteiger partial charge < -0.3 is 10.4 Å². The van der Waals surface area contributed by atoms with Gasteiger partial charge in [-0.05, 0) is 24.5 Å². The maximum absolute atomic E-state index is 11.2. The van der Waals surface area contributed by atoms with Crippen LogP contribution in [0.4, 0.5) is 5.69 Å². The van der Waals surface area contributed by atoms with Crippen LogP contribution in [0.1, 0.15) is 56.3 Å². The molecule has 1 aromatic rings. The largest absolute Gasteiger partial charge is 0.478 e. The van der Waals surface area contributed by atoms with Crippen LogP contribution in [0, 0.1) is 5.92 Å². The monoisotopic (exact) mass is 297 g/mol. The average Bonchev–Trinajstić information content (AvgIpc) is 2.36. The van der Waals surface area contributed by atoms with E-state index in [0.717, 1.165) is 18.9 Å². The van der Waals surface area contributed by atoms with Gasteiger partial charge in [0.15, 0.2) is 0 Å². The van der Waals surface area contributed by atoms with Gasteiger partial charge in [0.2, 0.25) is 0 Å². The zero-order chi connectivity index (χ0) is 15.0. The SMILES string of the molecule is CC(C)CCCCCCNc1cccc(Cl)c1C(=O)O. The second-order valence-corrected chi connectivity index (χ2v) is 5.90. The first-order valence-corrected chi connectivity index (χ1v) is 7.66. The van der Waals surface area contributed by atoms with Gasteiger partial charge in [-0.3, -0.25) is 0 Å². The molecule has 0 heterocycles. The summed E-state index contributed by atoms with van der Waals surface area (Å²) in [6.07, 6.45) is 6.01. The third kappa shape index (κ3) is 5.83. The molecule has 0 unspecified atom stereocenters. The molecule has 0 saturated heterocycles. The minimum Gasteiger partial charge on any atom is -0.478 e. The summed E-state index contributed by atoms with van der Waals surface area (Å²) in [5, 5.41) is 12.6. The molecule has 0 amide bonds. The predicted molar refractivity (Wildman–Crippen MR) is 84.8 cm³/mol. The van der Waals surface area contributed by atoms with Crippen molar-refractivity contribution in [2.45, 2.75) is 46.0 Å². The number of carboxylic acid groups (broad SMARTS) is 1. The molecule has 0 aliphatic heterocycles. The van der Waals surface area contributed by atoms with Crippen molar-refractivity contribution in [1.29, 1.82) is 0 Å². The van der Waals surface area contributed by atoms with Gasteiger partial charge in [0.05, 0.1) is 10.7 Å². The second kappa shape index (κ2) is 8.85. The highest BCUT2D eigenvalue weighted by Gasteiger charge is 2.13. The third-order valence-electron chi connectivity index (χ3n) is 3.25. The summed E-state index contributed by atoms with van der Waals surface area (Å²) >= 11 is 5.91. The smallest absolute Gasteiger partial charge is 0.339 e. The summed E-state index contributed by atoms with van der Waals surface area (Å²) in [6, 6.07) is 5.12. The Balaban J connectivity index is 2.32. The van der Waals surface area contributed by atoms with Gasteiger partial charge in [-0.25, -0.2) is 4.79 Å². The van der Waals surface area contributed by atoms with Gasteiger partial charge in [0.1, 0.15) is 5.56 Å². The molecule has 2 N–H and O–H groups in total. The van der Waals surface area contributed by atoms with Gasteiger partial charge in [-0.1, -0.05) is 57.2 Å². The van der Waals surface area contributed by atoms with Crippen molar-refractivity contribution >= 4 is 23.3 Å². The molecule has 0 radical (unpaired) electrons. The van der Waals surface area contributed by atoms with Crippen LogP contribution in [-0.4, -0.2) is 17.6 Å². The molecular weight excluding hydrogens is 274 g/mol. The first-order chi connectivity index (χ1) is 9.52. The summed E-state index contributed by atoms with van der Waals surface area (Å²) in [7, 11) is 0. The average molecular weight is 298 g/mol. The fraction of sp³-hybridized carbons (Fsp3) is 0.562. The Hall–Kier alpha value is -1.22. The molecule has 1 aromatic carbocycles. The summed E-state index contributed by atoms with van der Waals surface area (Å²) < 4.78 is 0. The van der Waals surface area contributed by atoms with E-state index in [2.05, 4.69) is 19.2 Å². The van der Waals surface area contributed by atoms with Crippen LogP contribution in [0.5, 0.6) is 0 Å². The molecular formula is C16H24ClNO2. The number of anilines is 1. The Morgan fingerprint density at radius 2 is 1.95 bits per heavy atom. The lowest BCUT2D eigenvalue weighted by Crippen LogP contribution is -2.08. The lowest BCUT2D eigenvalue weighted by atomic mass is 10.0. The van der Waals surface area contributed by atoms with Gasteiger partial charge in [0, 0.05) is 6.54 Å². The van der Waals surface area contributed by atoms with Crippen LogP contribution >= 0.6 is 11.6 Å². The number of halogens is 1. The van der Waals surface area contributed by atoms with E-state index in [-0.39, 0.29) is 10.6 Å². The highest BCUT2D eigenvalue weighted by molar-refractivity contribution is 6.34. The number of carboxylic acids is 1. The van der Waals surface area contributed by atoms with Crippen LogP contribution in [0.3, 0.4) is 0 Å². The van der Waals surface area contributed by atoms with E-state index in [0.29, 0.717) is 5.69 Å². The van der Waals surface area contributed by atoms with Crippen molar-refractivity contribution < 1.29 is 9.90 Å². The van der Waals surface area contributed by atoms with E-state index < -0.39 is 5.97 Å². The molecule has 0 aliphatic carbocycles. The Bertz CT molecular complexity index is 432. The van der Waals surface area contributed by atoms with Crippen LogP contribution in [0.25, 0.3) is 0 Å². The second-order valence-electron chi connectivity index (χ2n) is 5.49. The molecule has 1 rings (SSSR count). The first-order valence-electron chi connectivity index (χ1n) is 7.28. The van der Waals surface area contributed by atoms with Gasteiger partial charge >= 0.3 is 5.97 Å². The normalized spacial score (nSPS) is 10.8. The van der Waals surface area contributed by atoms with E-state index in [1.807, 2.05) is 0 Å².